The molecular formula is C16H19ClN2O2. The van der Waals surface area contributed by atoms with Crippen molar-refractivity contribution < 1.29 is 9.59 Å². The van der Waals surface area contributed by atoms with E-state index in [4.69, 9.17) is 11.6 Å². The van der Waals surface area contributed by atoms with Gasteiger partial charge in [-0.15, -0.1) is 0 Å². The lowest BCUT2D eigenvalue weighted by Crippen LogP contribution is -2.43. The van der Waals surface area contributed by atoms with E-state index in [2.05, 4.69) is 10.6 Å². The molecule has 0 spiro atoms. The smallest absolute Gasteiger partial charge is 0.240 e. The van der Waals surface area contributed by atoms with Gasteiger partial charge < -0.3 is 10.6 Å². The molecule has 2 aliphatic rings. The van der Waals surface area contributed by atoms with E-state index in [0.29, 0.717) is 23.6 Å². The Hall–Kier alpha value is -1.55. The predicted octanol–water partition coefficient (Wildman–Crippen LogP) is 3.12. The van der Waals surface area contributed by atoms with Crippen molar-refractivity contribution in [1.29, 1.82) is 0 Å². The Kier molecular flexibility index (Phi) is 3.89. The molecule has 2 amide bonds. The fraction of sp³-hybridized carbons (Fsp3) is 0.500. The van der Waals surface area contributed by atoms with E-state index in [0.717, 1.165) is 25.7 Å². The first-order valence-corrected chi connectivity index (χ1v) is 7.86. The van der Waals surface area contributed by atoms with E-state index in [9.17, 15) is 9.59 Å². The number of rotatable bonds is 4. The molecule has 2 aliphatic carbocycles. The van der Waals surface area contributed by atoms with Gasteiger partial charge >= 0.3 is 0 Å². The Labute approximate surface area is 129 Å². The number of carbonyl (C=O) groups excluding carboxylic acids is 2. The number of benzene rings is 1. The molecule has 0 saturated heterocycles. The molecule has 1 aromatic carbocycles. The van der Waals surface area contributed by atoms with Crippen molar-refractivity contribution in [2.75, 3.05) is 5.32 Å². The first-order valence-electron chi connectivity index (χ1n) is 7.48. The van der Waals surface area contributed by atoms with Crippen molar-refractivity contribution in [2.24, 2.45) is 5.41 Å². The summed E-state index contributed by atoms with van der Waals surface area (Å²) in [6, 6.07) is 7.17. The summed E-state index contributed by atoms with van der Waals surface area (Å²) >= 11 is 5.82. The lowest BCUT2D eigenvalue weighted by atomic mass is 10.0. The highest BCUT2D eigenvalue weighted by Gasteiger charge is 2.56. The zero-order valence-corrected chi connectivity index (χ0v) is 12.6. The second kappa shape index (κ2) is 5.68. The number of amides is 2. The summed E-state index contributed by atoms with van der Waals surface area (Å²) in [6.45, 7) is 0. The molecule has 0 unspecified atom stereocenters. The molecular weight excluding hydrogens is 288 g/mol. The standard InChI is InChI=1S/C16H19ClN2O2/c17-11-5-7-13(8-6-11)19-15(21)16(9-10-16)14(20)18-12-3-1-2-4-12/h5-8,12H,1-4,9-10H2,(H,18,20)(H,19,21). The summed E-state index contributed by atoms with van der Waals surface area (Å²) < 4.78 is 0. The summed E-state index contributed by atoms with van der Waals surface area (Å²) in [5.41, 5.74) is -0.188. The van der Waals surface area contributed by atoms with E-state index >= 15 is 0 Å². The second-order valence-corrected chi connectivity index (χ2v) is 6.43. The minimum Gasteiger partial charge on any atom is -0.352 e. The Balaban J connectivity index is 1.62. The highest BCUT2D eigenvalue weighted by atomic mass is 35.5. The van der Waals surface area contributed by atoms with Crippen LogP contribution in [0.2, 0.25) is 5.02 Å². The van der Waals surface area contributed by atoms with Crippen LogP contribution >= 0.6 is 11.6 Å². The van der Waals surface area contributed by atoms with Crippen LogP contribution in [0.15, 0.2) is 24.3 Å². The van der Waals surface area contributed by atoms with E-state index in [1.807, 2.05) is 0 Å². The van der Waals surface area contributed by atoms with Crippen molar-refractivity contribution in [1.82, 2.24) is 5.32 Å². The summed E-state index contributed by atoms with van der Waals surface area (Å²) in [5, 5.41) is 6.47. The van der Waals surface area contributed by atoms with Crippen LogP contribution in [0, 0.1) is 5.41 Å². The molecule has 0 aliphatic heterocycles. The van der Waals surface area contributed by atoms with Crippen molar-refractivity contribution in [3.05, 3.63) is 29.3 Å². The monoisotopic (exact) mass is 306 g/mol. The summed E-state index contributed by atoms with van der Waals surface area (Å²) in [7, 11) is 0. The third-order valence-corrected chi connectivity index (χ3v) is 4.66. The normalized spacial score (nSPS) is 20.0. The molecule has 112 valence electrons. The quantitative estimate of drug-likeness (QED) is 0.840. The van der Waals surface area contributed by atoms with Gasteiger partial charge in [-0.3, -0.25) is 9.59 Å². The van der Waals surface area contributed by atoms with Crippen LogP contribution in [0.25, 0.3) is 0 Å². The molecule has 0 bridgehead atoms. The van der Waals surface area contributed by atoms with Crippen LogP contribution < -0.4 is 10.6 Å². The number of hydrogen-bond donors (Lipinski definition) is 2. The number of halogens is 1. The molecule has 0 heterocycles. The van der Waals surface area contributed by atoms with Crippen LogP contribution in [0.1, 0.15) is 38.5 Å². The fourth-order valence-electron chi connectivity index (χ4n) is 2.86. The average Bonchev–Trinajstić information content (AvgIpc) is 3.14. The van der Waals surface area contributed by atoms with Gasteiger partial charge in [-0.2, -0.15) is 0 Å². The number of nitrogens with one attached hydrogen (secondary N) is 2. The molecule has 21 heavy (non-hydrogen) atoms. The van der Waals surface area contributed by atoms with Gasteiger partial charge in [0, 0.05) is 16.8 Å². The zero-order valence-electron chi connectivity index (χ0n) is 11.8. The SMILES string of the molecule is O=C(Nc1ccc(Cl)cc1)C1(C(=O)NC2CCCC2)CC1. The first-order chi connectivity index (χ1) is 10.1. The minimum atomic E-state index is -0.859. The van der Waals surface area contributed by atoms with E-state index in [-0.39, 0.29) is 17.9 Å². The van der Waals surface area contributed by atoms with Gasteiger partial charge in [-0.1, -0.05) is 24.4 Å². The topological polar surface area (TPSA) is 58.2 Å². The summed E-state index contributed by atoms with van der Waals surface area (Å²) in [5.74, 6) is -0.318. The van der Waals surface area contributed by atoms with Crippen LogP contribution in [0.3, 0.4) is 0 Å². The van der Waals surface area contributed by atoms with Gasteiger partial charge in [-0.25, -0.2) is 0 Å². The third kappa shape index (κ3) is 3.05. The van der Waals surface area contributed by atoms with Crippen molar-refractivity contribution in [3.63, 3.8) is 0 Å². The molecule has 2 fully saturated rings. The number of hydrogen-bond acceptors (Lipinski definition) is 2. The Morgan fingerprint density at radius 1 is 1.05 bits per heavy atom. The third-order valence-electron chi connectivity index (χ3n) is 4.41. The maximum atomic E-state index is 12.4. The largest absolute Gasteiger partial charge is 0.352 e. The molecule has 3 rings (SSSR count). The maximum Gasteiger partial charge on any atom is 0.240 e. The molecule has 2 N–H and O–H groups in total. The van der Waals surface area contributed by atoms with Gasteiger partial charge in [0.2, 0.25) is 11.8 Å². The van der Waals surface area contributed by atoms with E-state index in [1.165, 1.54) is 0 Å². The van der Waals surface area contributed by atoms with Crippen LogP contribution in [-0.2, 0) is 9.59 Å². The highest BCUT2D eigenvalue weighted by Crippen LogP contribution is 2.47. The molecule has 5 heteroatoms. The van der Waals surface area contributed by atoms with E-state index < -0.39 is 5.41 Å². The first kappa shape index (κ1) is 14.4. The lowest BCUT2D eigenvalue weighted by molar-refractivity contribution is -0.134. The summed E-state index contributed by atoms with van der Waals surface area (Å²) in [6.07, 6.45) is 5.64. The second-order valence-electron chi connectivity index (χ2n) is 6.00. The molecule has 4 nitrogen and oxygen atoms in total. The Morgan fingerprint density at radius 2 is 1.67 bits per heavy atom. The van der Waals surface area contributed by atoms with Crippen molar-refractivity contribution in [2.45, 2.75) is 44.6 Å². The molecule has 1 aromatic rings. The highest BCUT2D eigenvalue weighted by molar-refractivity contribution is 6.30. The van der Waals surface area contributed by atoms with Gasteiger partial charge in [0.1, 0.15) is 5.41 Å². The predicted molar refractivity (Wildman–Crippen MR) is 82.1 cm³/mol. The minimum absolute atomic E-state index is 0.110. The van der Waals surface area contributed by atoms with Crippen LogP contribution in [0.5, 0.6) is 0 Å². The average molecular weight is 307 g/mol. The Morgan fingerprint density at radius 3 is 2.24 bits per heavy atom. The maximum absolute atomic E-state index is 12.4. The van der Waals surface area contributed by atoms with Gasteiger partial charge in [-0.05, 0) is 49.9 Å². The van der Waals surface area contributed by atoms with Gasteiger partial charge in [0.05, 0.1) is 0 Å². The molecule has 0 radical (unpaired) electrons. The van der Waals surface area contributed by atoms with Gasteiger partial charge in [0.15, 0.2) is 0 Å². The molecule has 0 atom stereocenters. The zero-order chi connectivity index (χ0) is 14.9. The molecule has 2 saturated carbocycles. The fourth-order valence-corrected chi connectivity index (χ4v) is 2.99. The Bertz CT molecular complexity index is 546. The van der Waals surface area contributed by atoms with Gasteiger partial charge in [0.25, 0.3) is 0 Å². The number of carbonyl (C=O) groups is 2. The summed E-state index contributed by atoms with van der Waals surface area (Å²) in [4.78, 5) is 24.8. The van der Waals surface area contributed by atoms with Crippen molar-refractivity contribution in [3.8, 4) is 0 Å². The molecule has 0 aromatic heterocycles. The van der Waals surface area contributed by atoms with E-state index in [1.54, 1.807) is 24.3 Å². The number of anilines is 1. The van der Waals surface area contributed by atoms with Crippen molar-refractivity contribution >= 4 is 29.1 Å². The lowest BCUT2D eigenvalue weighted by Gasteiger charge is -2.18. The van der Waals surface area contributed by atoms with Crippen LogP contribution in [0.4, 0.5) is 5.69 Å². The van der Waals surface area contributed by atoms with Crippen LogP contribution in [-0.4, -0.2) is 17.9 Å².